The van der Waals surface area contributed by atoms with Gasteiger partial charge in [-0.25, -0.2) is 0 Å². The molecule has 0 radical (unpaired) electrons. The van der Waals surface area contributed by atoms with Gasteiger partial charge < -0.3 is 15.8 Å². The molecule has 1 rings (SSSR count). The fraction of sp³-hybridized carbons (Fsp3) is 0.462. The van der Waals surface area contributed by atoms with E-state index in [0.29, 0.717) is 12.3 Å². The van der Waals surface area contributed by atoms with Crippen molar-refractivity contribution in [2.24, 2.45) is 5.73 Å². The minimum Gasteiger partial charge on any atom is -0.496 e. The van der Waals surface area contributed by atoms with Gasteiger partial charge in [0.2, 0.25) is 5.91 Å². The third-order valence-electron chi connectivity index (χ3n) is 2.58. The fourth-order valence-corrected chi connectivity index (χ4v) is 1.94. The number of hydrogen-bond donors (Lipinski definition) is 2. The normalized spacial score (nSPS) is 11.2. The van der Waals surface area contributed by atoms with E-state index < -0.39 is 5.54 Å². The van der Waals surface area contributed by atoms with Crippen LogP contribution in [0.25, 0.3) is 0 Å². The van der Waals surface area contributed by atoms with E-state index in [1.54, 1.807) is 7.11 Å². The maximum atomic E-state index is 11.9. The molecule has 0 bridgehead atoms. The second-order valence-corrected chi connectivity index (χ2v) is 5.68. The molecule has 0 saturated carbocycles. The lowest BCUT2D eigenvalue weighted by molar-refractivity contribution is -0.121. The molecule has 1 amide bonds. The van der Waals surface area contributed by atoms with Gasteiger partial charge in [0.1, 0.15) is 5.75 Å². The Balaban J connectivity index is 2.78. The predicted molar refractivity (Wildman–Crippen MR) is 75.7 cm³/mol. The third kappa shape index (κ3) is 4.31. The zero-order chi connectivity index (χ0) is 13.8. The highest BCUT2D eigenvalue weighted by Gasteiger charge is 2.19. The smallest absolute Gasteiger partial charge is 0.225 e. The van der Waals surface area contributed by atoms with Crippen LogP contribution in [0.5, 0.6) is 5.75 Å². The van der Waals surface area contributed by atoms with Crippen molar-refractivity contribution in [1.82, 2.24) is 5.32 Å². The summed E-state index contributed by atoms with van der Waals surface area (Å²) in [7, 11) is 1.59. The number of carbonyl (C=O) groups is 1. The molecule has 18 heavy (non-hydrogen) atoms. The lowest BCUT2D eigenvalue weighted by atomic mass is 10.0. The summed E-state index contributed by atoms with van der Waals surface area (Å²) in [5, 5.41) is 2.89. The van der Waals surface area contributed by atoms with Crippen molar-refractivity contribution in [3.05, 3.63) is 28.2 Å². The van der Waals surface area contributed by atoms with Crippen LogP contribution in [0.1, 0.15) is 19.4 Å². The van der Waals surface area contributed by atoms with Gasteiger partial charge in [0.15, 0.2) is 0 Å². The van der Waals surface area contributed by atoms with E-state index in [1.165, 1.54) is 0 Å². The van der Waals surface area contributed by atoms with Gasteiger partial charge in [0, 0.05) is 22.1 Å². The maximum Gasteiger partial charge on any atom is 0.225 e. The van der Waals surface area contributed by atoms with Crippen LogP contribution < -0.4 is 15.8 Å². The molecular formula is C13H19BrN2O2. The predicted octanol–water partition coefficient (Wildman–Crippen LogP) is 1.85. The van der Waals surface area contributed by atoms with Gasteiger partial charge in [-0.1, -0.05) is 15.9 Å². The number of ether oxygens (including phenoxy) is 1. The minimum atomic E-state index is -0.393. The number of methoxy groups -OCH3 is 1. The average molecular weight is 315 g/mol. The van der Waals surface area contributed by atoms with Crippen molar-refractivity contribution in [2.45, 2.75) is 25.8 Å². The van der Waals surface area contributed by atoms with Crippen LogP contribution in [0.2, 0.25) is 0 Å². The number of benzene rings is 1. The van der Waals surface area contributed by atoms with Gasteiger partial charge in [0.25, 0.3) is 0 Å². The van der Waals surface area contributed by atoms with E-state index in [1.807, 2.05) is 32.0 Å². The van der Waals surface area contributed by atoms with Crippen molar-refractivity contribution in [3.63, 3.8) is 0 Å². The quantitative estimate of drug-likeness (QED) is 0.872. The number of halogens is 1. The molecule has 3 N–H and O–H groups in total. The van der Waals surface area contributed by atoms with Crippen LogP contribution in [0.4, 0.5) is 0 Å². The highest BCUT2D eigenvalue weighted by Crippen LogP contribution is 2.23. The molecule has 5 heteroatoms. The van der Waals surface area contributed by atoms with Crippen molar-refractivity contribution >= 4 is 21.8 Å². The molecular weight excluding hydrogens is 296 g/mol. The van der Waals surface area contributed by atoms with E-state index >= 15 is 0 Å². The summed E-state index contributed by atoms with van der Waals surface area (Å²) in [6.07, 6.45) is 0.270. The minimum absolute atomic E-state index is 0.0677. The van der Waals surface area contributed by atoms with E-state index in [-0.39, 0.29) is 12.3 Å². The molecule has 0 saturated heterocycles. The lowest BCUT2D eigenvalue weighted by Crippen LogP contribution is -2.49. The van der Waals surface area contributed by atoms with Crippen molar-refractivity contribution < 1.29 is 9.53 Å². The second-order valence-electron chi connectivity index (χ2n) is 4.77. The number of nitrogens with one attached hydrogen (secondary N) is 1. The number of hydrogen-bond acceptors (Lipinski definition) is 3. The number of nitrogens with two attached hydrogens (primary N) is 1. The van der Waals surface area contributed by atoms with Crippen molar-refractivity contribution in [3.8, 4) is 5.75 Å². The SMILES string of the molecule is COc1ccc(Br)cc1CC(=O)NC(C)(C)CN. The van der Waals surface area contributed by atoms with Crippen LogP contribution in [0.15, 0.2) is 22.7 Å². The monoisotopic (exact) mass is 314 g/mol. The molecule has 1 aromatic carbocycles. The summed E-state index contributed by atoms with van der Waals surface area (Å²) in [5.41, 5.74) is 6.03. The second kappa shape index (κ2) is 6.20. The van der Waals surface area contributed by atoms with Gasteiger partial charge in [0.05, 0.1) is 13.5 Å². The summed E-state index contributed by atoms with van der Waals surface area (Å²) in [4.78, 5) is 11.9. The molecule has 4 nitrogen and oxygen atoms in total. The molecule has 1 aromatic rings. The number of amides is 1. The Morgan fingerprint density at radius 2 is 2.17 bits per heavy atom. The van der Waals surface area contributed by atoms with Crippen molar-refractivity contribution in [1.29, 1.82) is 0 Å². The number of carbonyl (C=O) groups excluding carboxylic acids is 1. The van der Waals surface area contributed by atoms with Gasteiger partial charge in [-0.05, 0) is 32.0 Å². The molecule has 0 aliphatic heterocycles. The van der Waals surface area contributed by atoms with Crippen LogP contribution in [-0.4, -0.2) is 25.1 Å². The molecule has 100 valence electrons. The van der Waals surface area contributed by atoms with Gasteiger partial charge in [-0.2, -0.15) is 0 Å². The molecule has 0 spiro atoms. The molecule has 0 fully saturated rings. The number of rotatable bonds is 5. The summed E-state index contributed by atoms with van der Waals surface area (Å²) < 4.78 is 6.15. The zero-order valence-electron chi connectivity index (χ0n) is 10.9. The van der Waals surface area contributed by atoms with E-state index in [9.17, 15) is 4.79 Å². The standard InChI is InChI=1S/C13H19BrN2O2/c1-13(2,8-15)16-12(17)7-9-6-10(14)4-5-11(9)18-3/h4-6H,7-8,15H2,1-3H3,(H,16,17). The summed E-state index contributed by atoms with van der Waals surface area (Å²) in [6, 6.07) is 5.60. The fourth-order valence-electron chi connectivity index (χ4n) is 1.53. The highest BCUT2D eigenvalue weighted by molar-refractivity contribution is 9.10. The Morgan fingerprint density at radius 3 is 2.72 bits per heavy atom. The first-order valence-corrected chi connectivity index (χ1v) is 6.51. The Bertz CT molecular complexity index is 433. The van der Waals surface area contributed by atoms with Crippen LogP contribution >= 0.6 is 15.9 Å². The summed E-state index contributed by atoms with van der Waals surface area (Å²) in [6.45, 7) is 4.18. The first-order chi connectivity index (χ1) is 8.38. The lowest BCUT2D eigenvalue weighted by Gasteiger charge is -2.24. The first-order valence-electron chi connectivity index (χ1n) is 5.71. The largest absolute Gasteiger partial charge is 0.496 e. The average Bonchev–Trinajstić information content (AvgIpc) is 2.28. The van der Waals surface area contributed by atoms with Crippen LogP contribution in [-0.2, 0) is 11.2 Å². The Labute approximate surface area is 116 Å². The highest BCUT2D eigenvalue weighted by atomic mass is 79.9. The summed E-state index contributed by atoms with van der Waals surface area (Å²) in [5.74, 6) is 0.640. The Kier molecular flexibility index (Phi) is 5.16. The van der Waals surface area contributed by atoms with Crippen LogP contribution in [0, 0.1) is 0 Å². The van der Waals surface area contributed by atoms with Crippen molar-refractivity contribution in [2.75, 3.05) is 13.7 Å². The van der Waals surface area contributed by atoms with E-state index in [2.05, 4.69) is 21.2 Å². The van der Waals surface area contributed by atoms with Gasteiger partial charge in [-0.15, -0.1) is 0 Å². The zero-order valence-corrected chi connectivity index (χ0v) is 12.5. The summed E-state index contributed by atoms with van der Waals surface area (Å²) >= 11 is 3.38. The molecule has 0 atom stereocenters. The van der Waals surface area contributed by atoms with Gasteiger partial charge in [-0.3, -0.25) is 4.79 Å². The van der Waals surface area contributed by atoms with E-state index in [4.69, 9.17) is 10.5 Å². The van der Waals surface area contributed by atoms with Gasteiger partial charge >= 0.3 is 0 Å². The third-order valence-corrected chi connectivity index (χ3v) is 3.07. The molecule has 0 aromatic heterocycles. The molecule has 0 heterocycles. The topological polar surface area (TPSA) is 64.3 Å². The molecule has 0 unspecified atom stereocenters. The Morgan fingerprint density at radius 1 is 1.50 bits per heavy atom. The maximum absolute atomic E-state index is 11.9. The van der Waals surface area contributed by atoms with Crippen LogP contribution in [0.3, 0.4) is 0 Å². The molecule has 0 aliphatic carbocycles. The first kappa shape index (κ1) is 15.0. The Hall–Kier alpha value is -1.07. The molecule has 0 aliphatic rings. The van der Waals surface area contributed by atoms with E-state index in [0.717, 1.165) is 10.0 Å².